The summed E-state index contributed by atoms with van der Waals surface area (Å²) in [5, 5.41) is 14.6. The molecule has 2 atom stereocenters. The van der Waals surface area contributed by atoms with Crippen molar-refractivity contribution >= 4 is 45.0 Å². The van der Waals surface area contributed by atoms with Gasteiger partial charge in [-0.05, 0) is 46.8 Å². The van der Waals surface area contributed by atoms with E-state index in [4.69, 9.17) is 16.6 Å². The molecule has 35 heavy (non-hydrogen) atoms. The normalized spacial score (nSPS) is 16.7. The molecule has 2 aromatic carbocycles. The number of hydrogen-bond acceptors (Lipinski definition) is 4. The van der Waals surface area contributed by atoms with E-state index in [9.17, 15) is 4.79 Å². The molecule has 1 aliphatic rings. The number of carbonyl (C=O) groups excluding carboxylic acids is 1. The van der Waals surface area contributed by atoms with Crippen LogP contribution in [0.25, 0.3) is 16.9 Å². The number of fused-ring (bicyclic) bond motifs is 1. The molecule has 0 unspecified atom stereocenters. The number of rotatable bonds is 9. The second kappa shape index (κ2) is 10.7. The summed E-state index contributed by atoms with van der Waals surface area (Å²) in [6.07, 6.45) is 4.49. The highest BCUT2D eigenvalue weighted by atomic mass is 79.9. The minimum Gasteiger partial charge on any atom is -0.370 e. The standard InChI is InChI=1S/C26H26BrClN6O/c27-20-16-31-34-24(15-23(32-25(20)34)18-10-4-5-11-21(18)28)29-12-6-7-13-30-26(35)33-22-14-19(22)17-8-2-1-3-9-17/h1-5,8-11,15-16,19,22,29H,6-7,12-14H2,(H2,30,33,35)/t19-,22+/m0/s1. The van der Waals surface area contributed by atoms with Gasteiger partial charge < -0.3 is 16.0 Å². The van der Waals surface area contributed by atoms with Crippen LogP contribution in [-0.2, 0) is 0 Å². The van der Waals surface area contributed by atoms with E-state index in [0.29, 0.717) is 17.5 Å². The van der Waals surface area contributed by atoms with Crippen LogP contribution in [0.15, 0.2) is 71.3 Å². The van der Waals surface area contributed by atoms with Crippen LogP contribution in [0.2, 0.25) is 5.02 Å². The van der Waals surface area contributed by atoms with Gasteiger partial charge in [0, 0.05) is 41.7 Å². The van der Waals surface area contributed by atoms with Gasteiger partial charge in [-0.3, -0.25) is 0 Å². The number of aromatic nitrogens is 3. The highest BCUT2D eigenvalue weighted by molar-refractivity contribution is 9.10. The van der Waals surface area contributed by atoms with Crippen LogP contribution >= 0.6 is 27.5 Å². The zero-order chi connectivity index (χ0) is 24.2. The Labute approximate surface area is 217 Å². The van der Waals surface area contributed by atoms with Crippen molar-refractivity contribution in [1.82, 2.24) is 25.2 Å². The second-order valence-corrected chi connectivity index (χ2v) is 9.89. The lowest BCUT2D eigenvalue weighted by molar-refractivity contribution is 0.240. The lowest BCUT2D eigenvalue weighted by Gasteiger charge is -2.12. The summed E-state index contributed by atoms with van der Waals surface area (Å²) >= 11 is 9.93. The number of urea groups is 1. The monoisotopic (exact) mass is 552 g/mol. The predicted molar refractivity (Wildman–Crippen MR) is 143 cm³/mol. The Kier molecular flexibility index (Phi) is 7.20. The summed E-state index contributed by atoms with van der Waals surface area (Å²) in [6, 6.07) is 20.1. The van der Waals surface area contributed by atoms with Crippen molar-refractivity contribution in [2.24, 2.45) is 0 Å². The summed E-state index contributed by atoms with van der Waals surface area (Å²) in [5.74, 6) is 1.27. The third-order valence-electron chi connectivity index (χ3n) is 6.11. The van der Waals surface area contributed by atoms with Crippen LogP contribution in [0.4, 0.5) is 10.6 Å². The van der Waals surface area contributed by atoms with Crippen LogP contribution in [0.5, 0.6) is 0 Å². The van der Waals surface area contributed by atoms with Gasteiger partial charge in [0.25, 0.3) is 0 Å². The summed E-state index contributed by atoms with van der Waals surface area (Å²) in [5.41, 5.74) is 3.65. The molecule has 9 heteroatoms. The van der Waals surface area contributed by atoms with Gasteiger partial charge in [-0.15, -0.1) is 0 Å². The average molecular weight is 554 g/mol. The number of nitrogens with one attached hydrogen (secondary N) is 3. The molecule has 0 aliphatic heterocycles. The molecule has 2 amide bonds. The fraction of sp³-hybridized carbons (Fsp3) is 0.269. The fourth-order valence-electron chi connectivity index (χ4n) is 4.18. The average Bonchev–Trinajstić information content (AvgIpc) is 3.54. The van der Waals surface area contributed by atoms with Gasteiger partial charge in [0.05, 0.1) is 16.4 Å². The van der Waals surface area contributed by atoms with E-state index in [2.05, 4.69) is 49.1 Å². The number of nitrogens with zero attached hydrogens (tertiary/aromatic N) is 3. The molecule has 3 N–H and O–H groups in total. The number of amides is 2. The van der Waals surface area contributed by atoms with Gasteiger partial charge in [0.2, 0.25) is 0 Å². The summed E-state index contributed by atoms with van der Waals surface area (Å²) < 4.78 is 2.59. The first kappa shape index (κ1) is 23.6. The molecule has 4 aromatic rings. The Bertz CT molecular complexity index is 1330. The van der Waals surface area contributed by atoms with Crippen LogP contribution < -0.4 is 16.0 Å². The number of unbranched alkanes of at least 4 members (excludes halogenated alkanes) is 1. The van der Waals surface area contributed by atoms with E-state index in [0.717, 1.165) is 53.0 Å². The van der Waals surface area contributed by atoms with Gasteiger partial charge >= 0.3 is 6.03 Å². The van der Waals surface area contributed by atoms with E-state index in [1.807, 2.05) is 48.5 Å². The quantitative estimate of drug-likeness (QED) is 0.227. The lowest BCUT2D eigenvalue weighted by Crippen LogP contribution is -2.37. The van der Waals surface area contributed by atoms with Crippen molar-refractivity contribution in [2.75, 3.05) is 18.4 Å². The molecule has 7 nitrogen and oxygen atoms in total. The molecule has 5 rings (SSSR count). The lowest BCUT2D eigenvalue weighted by atomic mass is 10.1. The van der Waals surface area contributed by atoms with Crippen molar-refractivity contribution < 1.29 is 4.79 Å². The first-order valence-electron chi connectivity index (χ1n) is 11.7. The Hall–Kier alpha value is -3.10. The third-order valence-corrected chi connectivity index (χ3v) is 7.00. The maximum atomic E-state index is 12.2. The number of carbonyl (C=O) groups is 1. The molecule has 0 spiro atoms. The van der Waals surface area contributed by atoms with Crippen molar-refractivity contribution in [3.05, 3.63) is 81.9 Å². The Morgan fingerprint density at radius 3 is 2.69 bits per heavy atom. The number of hydrogen-bond donors (Lipinski definition) is 3. The molecule has 180 valence electrons. The molecule has 2 aromatic heterocycles. The highest BCUT2D eigenvalue weighted by Gasteiger charge is 2.39. The van der Waals surface area contributed by atoms with E-state index in [1.165, 1.54) is 5.56 Å². The van der Waals surface area contributed by atoms with Gasteiger partial charge in [-0.1, -0.05) is 60.1 Å². The molecular formula is C26H26BrClN6O. The maximum Gasteiger partial charge on any atom is 0.315 e. The molecular weight excluding hydrogens is 528 g/mol. The molecule has 0 saturated heterocycles. The largest absolute Gasteiger partial charge is 0.370 e. The van der Waals surface area contributed by atoms with Crippen LogP contribution in [0.3, 0.4) is 0 Å². The maximum absolute atomic E-state index is 12.2. The molecule has 1 fully saturated rings. The molecule has 1 saturated carbocycles. The minimum absolute atomic E-state index is 0.0944. The third kappa shape index (κ3) is 5.60. The van der Waals surface area contributed by atoms with Crippen LogP contribution in [-0.4, -0.2) is 39.8 Å². The Balaban J connectivity index is 1.10. The van der Waals surface area contributed by atoms with Crippen LogP contribution in [0.1, 0.15) is 30.7 Å². The SMILES string of the molecule is O=C(NCCCCNc1cc(-c2ccccc2Cl)nc2c(Br)cnn12)N[C@@H]1C[C@H]1c1ccccc1. The Morgan fingerprint density at radius 1 is 1.09 bits per heavy atom. The second-order valence-electron chi connectivity index (χ2n) is 8.63. The predicted octanol–water partition coefficient (Wildman–Crippen LogP) is 5.86. The number of benzene rings is 2. The van der Waals surface area contributed by atoms with Crippen molar-refractivity contribution in [3.63, 3.8) is 0 Å². The fourth-order valence-corrected chi connectivity index (χ4v) is 4.76. The first-order chi connectivity index (χ1) is 17.1. The first-order valence-corrected chi connectivity index (χ1v) is 12.9. The van der Waals surface area contributed by atoms with E-state index < -0.39 is 0 Å². The van der Waals surface area contributed by atoms with Crippen molar-refractivity contribution in [3.8, 4) is 11.3 Å². The molecule has 0 bridgehead atoms. The minimum atomic E-state index is -0.0944. The van der Waals surface area contributed by atoms with E-state index in [1.54, 1.807) is 10.7 Å². The number of anilines is 1. The molecule has 1 aliphatic carbocycles. The van der Waals surface area contributed by atoms with Crippen molar-refractivity contribution in [2.45, 2.75) is 31.2 Å². The van der Waals surface area contributed by atoms with Gasteiger partial charge in [-0.2, -0.15) is 9.61 Å². The van der Waals surface area contributed by atoms with E-state index >= 15 is 0 Å². The van der Waals surface area contributed by atoms with Gasteiger partial charge in [0.15, 0.2) is 5.65 Å². The highest BCUT2D eigenvalue weighted by Crippen LogP contribution is 2.40. The summed E-state index contributed by atoms with van der Waals surface area (Å²) in [4.78, 5) is 16.9. The van der Waals surface area contributed by atoms with Gasteiger partial charge in [0.1, 0.15) is 5.82 Å². The van der Waals surface area contributed by atoms with E-state index in [-0.39, 0.29) is 12.1 Å². The van der Waals surface area contributed by atoms with Gasteiger partial charge in [-0.25, -0.2) is 9.78 Å². The number of halogens is 2. The zero-order valence-corrected chi connectivity index (χ0v) is 21.4. The zero-order valence-electron chi connectivity index (χ0n) is 19.0. The van der Waals surface area contributed by atoms with Crippen molar-refractivity contribution in [1.29, 1.82) is 0 Å². The Morgan fingerprint density at radius 2 is 1.86 bits per heavy atom. The topological polar surface area (TPSA) is 83.3 Å². The molecule has 2 heterocycles. The summed E-state index contributed by atoms with van der Waals surface area (Å²) in [7, 11) is 0. The van der Waals surface area contributed by atoms with Crippen LogP contribution in [0, 0.1) is 0 Å². The summed E-state index contributed by atoms with van der Waals surface area (Å²) in [6.45, 7) is 1.36. The smallest absolute Gasteiger partial charge is 0.315 e. The molecule has 0 radical (unpaired) electrons.